The Kier molecular flexibility index (Phi) is 4.61. The molecule has 0 radical (unpaired) electrons. The van der Waals surface area contributed by atoms with Crippen LogP contribution < -0.4 is 0 Å². The first-order valence-electron chi connectivity index (χ1n) is 9.98. The molecule has 0 N–H and O–H groups in total. The Morgan fingerprint density at radius 2 is 1.90 bits per heavy atom. The van der Waals surface area contributed by atoms with E-state index in [9.17, 15) is 9.18 Å². The number of nitrogens with zero attached hydrogens (tertiary/aromatic N) is 7. The van der Waals surface area contributed by atoms with Gasteiger partial charge in [-0.15, -0.1) is 15.3 Å². The van der Waals surface area contributed by atoms with E-state index >= 15 is 0 Å². The van der Waals surface area contributed by atoms with E-state index in [1.165, 1.54) is 25.7 Å². The van der Waals surface area contributed by atoms with Gasteiger partial charge in [-0.2, -0.15) is 14.6 Å². The summed E-state index contributed by atoms with van der Waals surface area (Å²) in [5, 5.41) is 17.8. The van der Waals surface area contributed by atoms with Gasteiger partial charge in [-0.25, -0.2) is 9.07 Å². The van der Waals surface area contributed by atoms with Gasteiger partial charge in [-0.3, -0.25) is 4.79 Å². The molecule has 0 amide bonds. The van der Waals surface area contributed by atoms with Crippen molar-refractivity contribution in [3.63, 3.8) is 0 Å². The molecule has 154 valence electrons. The summed E-state index contributed by atoms with van der Waals surface area (Å²) in [4.78, 5) is 16.5. The van der Waals surface area contributed by atoms with Crippen molar-refractivity contribution in [2.45, 2.75) is 44.4 Å². The zero-order chi connectivity index (χ0) is 20.7. The van der Waals surface area contributed by atoms with E-state index in [0.717, 1.165) is 31.5 Å². The second-order valence-corrected chi connectivity index (χ2v) is 7.48. The monoisotopic (exact) mass is 409 g/mol. The summed E-state index contributed by atoms with van der Waals surface area (Å²) >= 11 is 0. The van der Waals surface area contributed by atoms with E-state index in [2.05, 4.69) is 20.3 Å². The van der Waals surface area contributed by atoms with E-state index in [-0.39, 0.29) is 12.2 Å². The van der Waals surface area contributed by atoms with Crippen LogP contribution in [0.2, 0.25) is 0 Å². The number of hydrogen-bond acceptors (Lipinski definition) is 7. The number of esters is 1. The molecule has 0 unspecified atom stereocenters. The lowest BCUT2D eigenvalue weighted by Crippen LogP contribution is -2.07. The van der Waals surface area contributed by atoms with Crippen molar-refractivity contribution < 1.29 is 13.9 Å². The van der Waals surface area contributed by atoms with Crippen LogP contribution >= 0.6 is 0 Å². The van der Waals surface area contributed by atoms with Crippen LogP contribution in [0.4, 0.5) is 4.39 Å². The summed E-state index contributed by atoms with van der Waals surface area (Å²) in [5.74, 6) is 0.625. The highest BCUT2D eigenvalue weighted by Crippen LogP contribution is 2.31. The number of carbonyl (C=O) groups excluding carboxylic acids is 1. The molecule has 30 heavy (non-hydrogen) atoms. The summed E-state index contributed by atoms with van der Waals surface area (Å²) in [7, 11) is 1.32. The number of carbonyl (C=O) groups is 1. The molecule has 1 saturated carbocycles. The fraction of sp³-hybridized carbons (Fsp3) is 0.400. The van der Waals surface area contributed by atoms with Gasteiger partial charge in [-0.05, 0) is 37.1 Å². The van der Waals surface area contributed by atoms with Crippen LogP contribution in [0, 0.1) is 5.82 Å². The molecule has 5 rings (SSSR count). The lowest BCUT2D eigenvalue weighted by molar-refractivity contribution is -0.139. The predicted molar refractivity (Wildman–Crippen MR) is 105 cm³/mol. The second kappa shape index (κ2) is 7.43. The van der Waals surface area contributed by atoms with E-state index in [1.807, 2.05) is 0 Å². The van der Waals surface area contributed by atoms with Crippen LogP contribution in [0.3, 0.4) is 0 Å². The SMILES string of the molecule is COC(=O)Cc1nn(-c2ccc(F)cc2)c2c1nnc1nc(C3CCCCC3)nn12. The molecule has 0 saturated heterocycles. The standard InChI is InChI=1S/C20H20FN7O2/c1-30-16(29)11-15-17-19(27(25-15)14-9-7-13(21)8-10-14)28-20(24-23-17)22-18(26-28)12-5-3-2-4-6-12/h7-10,12H,2-6,11H2,1H3. The molecular weight excluding hydrogens is 389 g/mol. The molecule has 1 fully saturated rings. The molecule has 0 aliphatic heterocycles. The van der Waals surface area contributed by atoms with Gasteiger partial charge in [0.25, 0.3) is 5.78 Å². The molecule has 9 nitrogen and oxygen atoms in total. The van der Waals surface area contributed by atoms with E-state index in [4.69, 9.17) is 9.84 Å². The lowest BCUT2D eigenvalue weighted by atomic mass is 9.89. The molecule has 10 heteroatoms. The topological polar surface area (TPSA) is 100 Å². The maximum atomic E-state index is 13.5. The quantitative estimate of drug-likeness (QED) is 0.478. The van der Waals surface area contributed by atoms with Crippen LogP contribution in [0.1, 0.15) is 49.5 Å². The first kappa shape index (κ1) is 18.6. The largest absolute Gasteiger partial charge is 0.469 e. The van der Waals surface area contributed by atoms with Crippen molar-refractivity contribution in [2.24, 2.45) is 0 Å². The molecule has 0 atom stereocenters. The van der Waals surface area contributed by atoms with Crippen LogP contribution in [-0.4, -0.2) is 47.7 Å². The van der Waals surface area contributed by atoms with Crippen molar-refractivity contribution in [2.75, 3.05) is 7.11 Å². The molecule has 1 aliphatic carbocycles. The summed E-state index contributed by atoms with van der Waals surface area (Å²) < 4.78 is 21.5. The second-order valence-electron chi connectivity index (χ2n) is 7.48. The average Bonchev–Trinajstić information content (AvgIpc) is 3.36. The third-order valence-electron chi connectivity index (χ3n) is 5.53. The number of hydrogen-bond donors (Lipinski definition) is 0. The average molecular weight is 409 g/mol. The summed E-state index contributed by atoms with van der Waals surface area (Å²) in [6, 6.07) is 5.91. The van der Waals surface area contributed by atoms with Crippen molar-refractivity contribution in [1.82, 2.24) is 34.6 Å². The highest BCUT2D eigenvalue weighted by atomic mass is 19.1. The predicted octanol–water partition coefficient (Wildman–Crippen LogP) is 2.76. The molecule has 1 aliphatic rings. The minimum absolute atomic E-state index is 0.0639. The van der Waals surface area contributed by atoms with E-state index in [0.29, 0.717) is 34.2 Å². The van der Waals surface area contributed by atoms with Crippen molar-refractivity contribution in [1.29, 1.82) is 0 Å². The van der Waals surface area contributed by atoms with Crippen LogP contribution in [-0.2, 0) is 16.0 Å². The Hall–Kier alpha value is -3.43. The number of aromatic nitrogens is 7. The van der Waals surface area contributed by atoms with Crippen LogP contribution in [0.5, 0.6) is 0 Å². The van der Waals surface area contributed by atoms with Gasteiger partial charge in [0.15, 0.2) is 17.0 Å². The third-order valence-corrected chi connectivity index (χ3v) is 5.53. The van der Waals surface area contributed by atoms with E-state index in [1.54, 1.807) is 21.3 Å². The number of fused-ring (bicyclic) bond motifs is 3. The van der Waals surface area contributed by atoms with Crippen molar-refractivity contribution >= 4 is 22.9 Å². The first-order chi connectivity index (χ1) is 14.6. The van der Waals surface area contributed by atoms with Crippen molar-refractivity contribution in [3.05, 3.63) is 41.6 Å². The van der Waals surface area contributed by atoms with Gasteiger partial charge >= 0.3 is 5.97 Å². The normalized spacial score (nSPS) is 15.1. The van der Waals surface area contributed by atoms with Gasteiger partial charge in [0.1, 0.15) is 11.5 Å². The van der Waals surface area contributed by atoms with Gasteiger partial charge < -0.3 is 4.74 Å². The molecule has 3 heterocycles. The maximum absolute atomic E-state index is 13.5. The highest BCUT2D eigenvalue weighted by Gasteiger charge is 2.24. The number of benzene rings is 1. The Bertz CT molecular complexity index is 1230. The zero-order valence-corrected chi connectivity index (χ0v) is 16.5. The van der Waals surface area contributed by atoms with Crippen LogP contribution in [0.25, 0.3) is 22.6 Å². The molecule has 4 aromatic rings. The van der Waals surface area contributed by atoms with Gasteiger partial charge in [0, 0.05) is 5.92 Å². The smallest absolute Gasteiger partial charge is 0.311 e. The number of halogens is 1. The van der Waals surface area contributed by atoms with Crippen LogP contribution in [0.15, 0.2) is 24.3 Å². The molecule has 3 aromatic heterocycles. The van der Waals surface area contributed by atoms with Gasteiger partial charge in [0.2, 0.25) is 0 Å². The number of methoxy groups -OCH3 is 1. The molecule has 0 bridgehead atoms. The number of ether oxygens (including phenoxy) is 1. The Balaban J connectivity index is 1.72. The Morgan fingerprint density at radius 1 is 1.13 bits per heavy atom. The van der Waals surface area contributed by atoms with E-state index < -0.39 is 5.97 Å². The minimum atomic E-state index is -0.441. The number of rotatable bonds is 4. The summed E-state index contributed by atoms with van der Waals surface area (Å²) in [5.41, 5.74) is 1.98. The Morgan fingerprint density at radius 3 is 2.63 bits per heavy atom. The lowest BCUT2D eigenvalue weighted by Gasteiger charge is -2.17. The highest BCUT2D eigenvalue weighted by molar-refractivity contribution is 5.82. The maximum Gasteiger partial charge on any atom is 0.311 e. The third kappa shape index (κ3) is 3.17. The summed E-state index contributed by atoms with van der Waals surface area (Å²) in [6.45, 7) is 0. The summed E-state index contributed by atoms with van der Waals surface area (Å²) in [6.07, 6.45) is 5.61. The Labute approximate surface area is 170 Å². The zero-order valence-electron chi connectivity index (χ0n) is 16.5. The molecule has 1 aromatic carbocycles. The first-order valence-corrected chi connectivity index (χ1v) is 9.98. The molecule has 0 spiro atoms. The van der Waals surface area contributed by atoms with Gasteiger partial charge in [0.05, 0.1) is 19.2 Å². The fourth-order valence-electron chi connectivity index (χ4n) is 3.98. The van der Waals surface area contributed by atoms with Crippen molar-refractivity contribution in [3.8, 4) is 5.69 Å². The van der Waals surface area contributed by atoms with Gasteiger partial charge in [-0.1, -0.05) is 19.3 Å². The fourth-order valence-corrected chi connectivity index (χ4v) is 3.98. The molecular formula is C20H20FN7O2. The minimum Gasteiger partial charge on any atom is -0.469 e.